The number of nitriles is 2. The standard InChI is InChI=1S/C25H30N4O2/c1-21-20-28(12-2-16-30-24-8-4-22(18-26)5-9-24)14-15-29(21)13-3-17-31-25-10-6-23(19-27)7-11-25/h4-11,21H,2-3,12-17,20H2,1H3. The predicted octanol–water partition coefficient (Wildman–Crippen LogP) is 3.67. The number of ether oxygens (including phenoxy) is 2. The second kappa shape index (κ2) is 12.0. The van der Waals surface area contributed by atoms with Gasteiger partial charge in [-0.15, -0.1) is 0 Å². The van der Waals surface area contributed by atoms with Crippen LogP contribution in [0.2, 0.25) is 0 Å². The van der Waals surface area contributed by atoms with Gasteiger partial charge in [0.1, 0.15) is 11.5 Å². The van der Waals surface area contributed by atoms with Crippen LogP contribution in [-0.4, -0.2) is 61.8 Å². The van der Waals surface area contributed by atoms with Gasteiger partial charge in [0.2, 0.25) is 0 Å². The zero-order chi connectivity index (χ0) is 21.9. The molecule has 1 fully saturated rings. The third-order valence-corrected chi connectivity index (χ3v) is 5.56. The second-order valence-electron chi connectivity index (χ2n) is 7.86. The second-order valence-corrected chi connectivity index (χ2v) is 7.86. The maximum absolute atomic E-state index is 8.84. The van der Waals surface area contributed by atoms with E-state index in [1.807, 2.05) is 24.3 Å². The Kier molecular flexibility index (Phi) is 8.72. The van der Waals surface area contributed by atoms with Crippen molar-refractivity contribution >= 4 is 0 Å². The van der Waals surface area contributed by atoms with Gasteiger partial charge in [-0.3, -0.25) is 4.90 Å². The first-order valence-corrected chi connectivity index (χ1v) is 10.9. The Labute approximate surface area is 185 Å². The minimum atomic E-state index is 0.531. The lowest BCUT2D eigenvalue weighted by Gasteiger charge is -2.40. The minimum Gasteiger partial charge on any atom is -0.494 e. The van der Waals surface area contributed by atoms with Crippen molar-refractivity contribution in [1.29, 1.82) is 10.5 Å². The molecule has 0 spiro atoms. The predicted molar refractivity (Wildman–Crippen MR) is 120 cm³/mol. The highest BCUT2D eigenvalue weighted by Crippen LogP contribution is 2.14. The van der Waals surface area contributed by atoms with Crippen LogP contribution in [0.3, 0.4) is 0 Å². The zero-order valence-corrected chi connectivity index (χ0v) is 18.2. The molecule has 0 saturated carbocycles. The quantitative estimate of drug-likeness (QED) is 0.548. The van der Waals surface area contributed by atoms with Crippen LogP contribution >= 0.6 is 0 Å². The number of benzene rings is 2. The molecule has 1 saturated heterocycles. The maximum atomic E-state index is 8.84. The van der Waals surface area contributed by atoms with E-state index in [1.165, 1.54) is 0 Å². The monoisotopic (exact) mass is 418 g/mol. The molecule has 1 aliphatic heterocycles. The lowest BCUT2D eigenvalue weighted by atomic mass is 10.1. The Morgan fingerprint density at radius 2 is 1.32 bits per heavy atom. The number of piperazine rings is 1. The smallest absolute Gasteiger partial charge is 0.119 e. The molecule has 6 heteroatoms. The lowest BCUT2D eigenvalue weighted by Crippen LogP contribution is -2.52. The van der Waals surface area contributed by atoms with E-state index < -0.39 is 0 Å². The van der Waals surface area contributed by atoms with Crippen LogP contribution in [0.5, 0.6) is 11.5 Å². The molecule has 2 aromatic rings. The van der Waals surface area contributed by atoms with E-state index >= 15 is 0 Å². The van der Waals surface area contributed by atoms with Gasteiger partial charge in [0.05, 0.1) is 36.5 Å². The molecule has 162 valence electrons. The molecule has 0 bridgehead atoms. The first kappa shape index (κ1) is 22.6. The van der Waals surface area contributed by atoms with Crippen LogP contribution in [0.25, 0.3) is 0 Å². The van der Waals surface area contributed by atoms with Crippen molar-refractivity contribution in [2.24, 2.45) is 0 Å². The summed E-state index contributed by atoms with van der Waals surface area (Å²) in [6, 6.07) is 19.3. The molecule has 1 atom stereocenters. The first-order valence-electron chi connectivity index (χ1n) is 10.9. The van der Waals surface area contributed by atoms with Crippen molar-refractivity contribution in [3.05, 3.63) is 59.7 Å². The highest BCUT2D eigenvalue weighted by atomic mass is 16.5. The first-order chi connectivity index (χ1) is 15.2. The van der Waals surface area contributed by atoms with Gasteiger partial charge < -0.3 is 14.4 Å². The van der Waals surface area contributed by atoms with E-state index in [0.717, 1.165) is 57.1 Å². The van der Waals surface area contributed by atoms with Gasteiger partial charge in [0.25, 0.3) is 0 Å². The fraction of sp³-hybridized carbons (Fsp3) is 0.440. The van der Waals surface area contributed by atoms with Gasteiger partial charge in [-0.25, -0.2) is 0 Å². The van der Waals surface area contributed by atoms with Crippen molar-refractivity contribution in [2.75, 3.05) is 45.9 Å². The van der Waals surface area contributed by atoms with Gasteiger partial charge in [-0.1, -0.05) is 0 Å². The van der Waals surface area contributed by atoms with Gasteiger partial charge in [0, 0.05) is 38.8 Å². The molecule has 1 heterocycles. The van der Waals surface area contributed by atoms with Gasteiger partial charge >= 0.3 is 0 Å². The van der Waals surface area contributed by atoms with E-state index in [9.17, 15) is 0 Å². The molecule has 0 aliphatic carbocycles. The van der Waals surface area contributed by atoms with Gasteiger partial charge in [0.15, 0.2) is 0 Å². The summed E-state index contributed by atoms with van der Waals surface area (Å²) in [5.41, 5.74) is 1.31. The summed E-state index contributed by atoms with van der Waals surface area (Å²) in [5, 5.41) is 17.7. The van der Waals surface area contributed by atoms with Crippen molar-refractivity contribution in [1.82, 2.24) is 9.80 Å². The summed E-state index contributed by atoms with van der Waals surface area (Å²) in [6.07, 6.45) is 1.98. The van der Waals surface area contributed by atoms with Crippen LogP contribution < -0.4 is 9.47 Å². The van der Waals surface area contributed by atoms with Crippen molar-refractivity contribution < 1.29 is 9.47 Å². The summed E-state index contributed by atoms with van der Waals surface area (Å²) < 4.78 is 11.6. The average Bonchev–Trinajstić information content (AvgIpc) is 2.81. The van der Waals surface area contributed by atoms with E-state index in [0.29, 0.717) is 30.4 Å². The Hall–Kier alpha value is -3.06. The molecular weight excluding hydrogens is 388 g/mol. The van der Waals surface area contributed by atoms with Crippen molar-refractivity contribution in [3.8, 4) is 23.6 Å². The summed E-state index contributed by atoms with van der Waals surface area (Å²) in [4.78, 5) is 5.04. The Bertz CT molecular complexity index is 884. The number of nitrogens with zero attached hydrogens (tertiary/aromatic N) is 4. The molecular formula is C25H30N4O2. The molecule has 0 N–H and O–H groups in total. The SMILES string of the molecule is CC1CN(CCCOc2ccc(C#N)cc2)CCN1CCCOc1ccc(C#N)cc1. The molecule has 3 rings (SSSR count). The molecule has 31 heavy (non-hydrogen) atoms. The molecule has 1 aliphatic rings. The van der Waals surface area contributed by atoms with Crippen molar-refractivity contribution in [2.45, 2.75) is 25.8 Å². The van der Waals surface area contributed by atoms with E-state index in [4.69, 9.17) is 20.0 Å². The zero-order valence-electron chi connectivity index (χ0n) is 18.2. The molecule has 0 radical (unpaired) electrons. The Balaban J connectivity index is 1.27. The minimum absolute atomic E-state index is 0.531. The third kappa shape index (κ3) is 7.29. The molecule has 0 amide bonds. The third-order valence-electron chi connectivity index (χ3n) is 5.56. The number of hydrogen-bond donors (Lipinski definition) is 0. The molecule has 1 unspecified atom stereocenters. The highest BCUT2D eigenvalue weighted by molar-refractivity contribution is 5.35. The van der Waals surface area contributed by atoms with Gasteiger partial charge in [-0.2, -0.15) is 10.5 Å². The van der Waals surface area contributed by atoms with Gasteiger partial charge in [-0.05, 0) is 68.3 Å². The van der Waals surface area contributed by atoms with Crippen LogP contribution in [0.15, 0.2) is 48.5 Å². The summed E-state index contributed by atoms with van der Waals surface area (Å²) in [5.74, 6) is 1.64. The van der Waals surface area contributed by atoms with E-state index in [2.05, 4.69) is 28.9 Å². The van der Waals surface area contributed by atoms with Crippen molar-refractivity contribution in [3.63, 3.8) is 0 Å². The van der Waals surface area contributed by atoms with Crippen LogP contribution in [0.1, 0.15) is 30.9 Å². The van der Waals surface area contributed by atoms with Crippen LogP contribution in [-0.2, 0) is 0 Å². The normalized spacial score (nSPS) is 16.9. The topological polar surface area (TPSA) is 72.5 Å². The lowest BCUT2D eigenvalue weighted by molar-refractivity contribution is 0.0757. The molecule has 6 nitrogen and oxygen atoms in total. The Morgan fingerprint density at radius 1 is 0.806 bits per heavy atom. The summed E-state index contributed by atoms with van der Waals surface area (Å²) in [7, 11) is 0. The molecule has 2 aromatic carbocycles. The fourth-order valence-corrected chi connectivity index (χ4v) is 3.79. The largest absolute Gasteiger partial charge is 0.494 e. The van der Waals surface area contributed by atoms with Crippen LogP contribution in [0.4, 0.5) is 0 Å². The van der Waals surface area contributed by atoms with E-state index in [-0.39, 0.29) is 0 Å². The average molecular weight is 419 g/mol. The summed E-state index contributed by atoms with van der Waals surface area (Å²) >= 11 is 0. The van der Waals surface area contributed by atoms with Crippen LogP contribution in [0, 0.1) is 22.7 Å². The number of hydrogen-bond acceptors (Lipinski definition) is 6. The summed E-state index contributed by atoms with van der Waals surface area (Å²) in [6.45, 7) is 8.97. The molecule has 0 aromatic heterocycles. The highest BCUT2D eigenvalue weighted by Gasteiger charge is 2.22. The Morgan fingerprint density at radius 3 is 1.81 bits per heavy atom. The maximum Gasteiger partial charge on any atom is 0.119 e. The fourth-order valence-electron chi connectivity index (χ4n) is 3.79. The number of rotatable bonds is 10. The van der Waals surface area contributed by atoms with E-state index in [1.54, 1.807) is 24.3 Å².